The molecule has 2 aliphatic rings. The van der Waals surface area contributed by atoms with E-state index in [4.69, 9.17) is 4.98 Å². The monoisotopic (exact) mass is 463 g/mol. The van der Waals surface area contributed by atoms with Crippen molar-refractivity contribution in [2.45, 2.75) is 64.3 Å². The van der Waals surface area contributed by atoms with Gasteiger partial charge in [0, 0.05) is 12.6 Å². The number of hydrogen-bond acceptors (Lipinski definition) is 5. The van der Waals surface area contributed by atoms with Gasteiger partial charge in [0.05, 0.1) is 27.5 Å². The molecular formula is C27H33N3O2S. The summed E-state index contributed by atoms with van der Waals surface area (Å²) < 4.78 is 1.16. The molecule has 174 valence electrons. The summed E-state index contributed by atoms with van der Waals surface area (Å²) in [6, 6.07) is 15.3. The molecule has 33 heavy (non-hydrogen) atoms. The zero-order chi connectivity index (χ0) is 22.9. The third-order valence-corrected chi connectivity index (χ3v) is 7.93. The van der Waals surface area contributed by atoms with Gasteiger partial charge in [0.25, 0.3) is 0 Å². The third-order valence-electron chi connectivity index (χ3n) is 6.98. The topological polar surface area (TPSA) is 65.5 Å². The zero-order valence-corrected chi connectivity index (χ0v) is 20.3. The van der Waals surface area contributed by atoms with Crippen molar-refractivity contribution in [3.05, 3.63) is 48.0 Å². The van der Waals surface area contributed by atoms with E-state index in [9.17, 15) is 9.90 Å². The average molecular weight is 464 g/mol. The summed E-state index contributed by atoms with van der Waals surface area (Å²) >= 11 is 1.66. The largest absolute Gasteiger partial charge is 0.481 e. The molecule has 0 radical (unpaired) electrons. The van der Waals surface area contributed by atoms with Crippen molar-refractivity contribution in [3.8, 4) is 0 Å². The third kappa shape index (κ3) is 4.86. The van der Waals surface area contributed by atoms with Crippen LogP contribution in [0.25, 0.3) is 10.2 Å². The van der Waals surface area contributed by atoms with Crippen LogP contribution in [-0.2, 0) is 4.79 Å². The van der Waals surface area contributed by atoms with Gasteiger partial charge in [0.1, 0.15) is 0 Å². The van der Waals surface area contributed by atoms with Crippen LogP contribution in [0.1, 0.15) is 63.9 Å². The summed E-state index contributed by atoms with van der Waals surface area (Å²) in [5.41, 5.74) is 4.38. The van der Waals surface area contributed by atoms with E-state index in [0.717, 1.165) is 39.6 Å². The highest BCUT2D eigenvalue weighted by atomic mass is 32.1. The fraction of sp³-hybridized carbons (Fsp3) is 0.481. The van der Waals surface area contributed by atoms with Crippen LogP contribution in [0.3, 0.4) is 0 Å². The molecular weight excluding hydrogens is 430 g/mol. The van der Waals surface area contributed by atoms with E-state index in [-0.39, 0.29) is 11.8 Å². The maximum atomic E-state index is 11.5. The van der Waals surface area contributed by atoms with Crippen LogP contribution < -0.4 is 10.2 Å². The number of para-hydroxylation sites is 1. The molecule has 0 saturated heterocycles. The van der Waals surface area contributed by atoms with Crippen LogP contribution in [-0.4, -0.2) is 28.6 Å². The molecule has 2 N–H and O–H groups in total. The summed E-state index contributed by atoms with van der Waals surface area (Å²) in [4.78, 5) is 18.9. The van der Waals surface area contributed by atoms with Gasteiger partial charge in [-0.05, 0) is 60.9 Å². The molecule has 6 heteroatoms. The minimum absolute atomic E-state index is 0.112. The van der Waals surface area contributed by atoms with Gasteiger partial charge in [-0.3, -0.25) is 4.79 Å². The lowest BCUT2D eigenvalue weighted by molar-refractivity contribution is -0.138. The van der Waals surface area contributed by atoms with Crippen molar-refractivity contribution in [2.75, 3.05) is 16.8 Å². The lowest BCUT2D eigenvalue weighted by Crippen LogP contribution is -2.39. The summed E-state index contributed by atoms with van der Waals surface area (Å²) in [6.45, 7) is 5.58. The van der Waals surface area contributed by atoms with Gasteiger partial charge < -0.3 is 15.3 Å². The minimum Gasteiger partial charge on any atom is -0.481 e. The number of thiazole rings is 1. The number of hydrogen-bond donors (Lipinski definition) is 2. The van der Waals surface area contributed by atoms with Gasteiger partial charge in [0.2, 0.25) is 0 Å². The fourth-order valence-electron chi connectivity index (χ4n) is 5.24. The molecule has 2 aliphatic carbocycles. The van der Waals surface area contributed by atoms with E-state index in [1.807, 2.05) is 18.2 Å². The lowest BCUT2D eigenvalue weighted by atomic mass is 9.92. The number of anilines is 3. The van der Waals surface area contributed by atoms with Gasteiger partial charge in [0.15, 0.2) is 5.13 Å². The number of carbonyl (C=O) groups is 1. The number of fused-ring (bicyclic) bond motifs is 1. The molecule has 0 bridgehead atoms. The number of nitrogens with one attached hydrogen (secondary N) is 1. The first-order chi connectivity index (χ1) is 16.0. The Morgan fingerprint density at radius 1 is 1.18 bits per heavy atom. The van der Waals surface area contributed by atoms with Crippen molar-refractivity contribution in [1.82, 2.24) is 4.98 Å². The average Bonchev–Trinajstić information content (AvgIpc) is 3.51. The lowest BCUT2D eigenvalue weighted by Gasteiger charge is -2.38. The molecule has 2 atom stereocenters. The predicted octanol–water partition coefficient (Wildman–Crippen LogP) is 7.02. The van der Waals surface area contributed by atoms with E-state index >= 15 is 0 Å². The summed E-state index contributed by atoms with van der Waals surface area (Å²) in [7, 11) is 0. The van der Waals surface area contributed by atoms with Crippen LogP contribution in [0.2, 0.25) is 0 Å². The number of carboxylic acid groups (broad SMARTS) is 1. The second-order valence-electron chi connectivity index (χ2n) is 10.0. The van der Waals surface area contributed by atoms with Crippen LogP contribution in [0.4, 0.5) is 16.5 Å². The van der Waals surface area contributed by atoms with Crippen molar-refractivity contribution < 1.29 is 9.90 Å². The number of aromatic nitrogens is 1. The van der Waals surface area contributed by atoms with Crippen molar-refractivity contribution in [2.24, 2.45) is 11.8 Å². The Hall–Kier alpha value is -2.60. The first-order valence-corrected chi connectivity index (χ1v) is 13.1. The SMILES string of the molecule is CC(C)CN(c1ccc([C@H]2C[C@H]2C(=O)O)cc1Nc1nc2ccccc2s1)C1CCCCC1. The smallest absolute Gasteiger partial charge is 0.307 e. The summed E-state index contributed by atoms with van der Waals surface area (Å²) in [5.74, 6) is -0.271. The van der Waals surface area contributed by atoms with Gasteiger partial charge in [-0.25, -0.2) is 4.98 Å². The Morgan fingerprint density at radius 3 is 2.67 bits per heavy atom. The minimum atomic E-state index is -0.687. The highest BCUT2D eigenvalue weighted by Gasteiger charge is 2.44. The zero-order valence-electron chi connectivity index (χ0n) is 19.5. The molecule has 5 rings (SSSR count). The van der Waals surface area contributed by atoms with E-state index in [2.05, 4.69) is 48.3 Å². The molecule has 2 saturated carbocycles. The molecule has 2 aromatic carbocycles. The molecule has 3 aromatic rings. The number of nitrogens with zero attached hydrogens (tertiary/aromatic N) is 2. The molecule has 1 heterocycles. The second-order valence-corrected chi connectivity index (χ2v) is 11.0. The Labute approximate surface area is 199 Å². The number of benzene rings is 2. The Bertz CT molecular complexity index is 1100. The molecule has 1 aromatic heterocycles. The molecule has 2 fully saturated rings. The fourth-order valence-corrected chi connectivity index (χ4v) is 6.12. The quantitative estimate of drug-likeness (QED) is 0.376. The maximum Gasteiger partial charge on any atom is 0.307 e. The van der Waals surface area contributed by atoms with Gasteiger partial charge in [-0.1, -0.05) is 62.6 Å². The van der Waals surface area contributed by atoms with Gasteiger partial charge >= 0.3 is 5.97 Å². The predicted molar refractivity (Wildman–Crippen MR) is 137 cm³/mol. The number of aliphatic carboxylic acids is 1. The van der Waals surface area contributed by atoms with Crippen molar-refractivity contribution in [3.63, 3.8) is 0 Å². The highest BCUT2D eigenvalue weighted by Crippen LogP contribution is 2.49. The van der Waals surface area contributed by atoms with Crippen LogP contribution in [0, 0.1) is 11.8 Å². The summed E-state index contributed by atoms with van der Waals surface area (Å²) in [5, 5.41) is 14.0. The molecule has 0 spiro atoms. The second kappa shape index (κ2) is 9.34. The Balaban J connectivity index is 1.52. The number of rotatable bonds is 8. The van der Waals surface area contributed by atoms with Crippen LogP contribution in [0.15, 0.2) is 42.5 Å². The summed E-state index contributed by atoms with van der Waals surface area (Å²) in [6.07, 6.45) is 7.12. The standard InChI is InChI=1S/C27H33N3O2S/c1-17(2)16-30(19-8-4-3-5-9-19)24-13-12-18(20-15-21(20)26(31)32)14-23(24)29-27-28-22-10-6-7-11-25(22)33-27/h6-7,10-14,17,19-21H,3-5,8-9,15-16H2,1-2H3,(H,28,29)(H,31,32)/t20-,21-/m1/s1. The van der Waals surface area contributed by atoms with E-state index in [1.54, 1.807) is 11.3 Å². The highest BCUT2D eigenvalue weighted by molar-refractivity contribution is 7.22. The maximum absolute atomic E-state index is 11.5. The molecule has 0 aliphatic heterocycles. The van der Waals surface area contributed by atoms with Gasteiger partial charge in [-0.15, -0.1) is 0 Å². The van der Waals surface area contributed by atoms with Crippen molar-refractivity contribution >= 4 is 44.0 Å². The van der Waals surface area contributed by atoms with Crippen LogP contribution >= 0.6 is 11.3 Å². The first-order valence-electron chi connectivity index (χ1n) is 12.3. The normalized spacial score (nSPS) is 20.8. The van der Waals surface area contributed by atoms with E-state index in [1.165, 1.54) is 37.8 Å². The Kier molecular flexibility index (Phi) is 6.28. The molecule has 0 amide bonds. The Morgan fingerprint density at radius 2 is 1.97 bits per heavy atom. The number of carboxylic acids is 1. The van der Waals surface area contributed by atoms with Gasteiger partial charge in [-0.2, -0.15) is 0 Å². The molecule has 0 unspecified atom stereocenters. The van der Waals surface area contributed by atoms with E-state index in [0.29, 0.717) is 12.0 Å². The van der Waals surface area contributed by atoms with Crippen molar-refractivity contribution in [1.29, 1.82) is 0 Å². The first kappa shape index (κ1) is 22.2. The van der Waals surface area contributed by atoms with Crippen LogP contribution in [0.5, 0.6) is 0 Å². The van der Waals surface area contributed by atoms with E-state index < -0.39 is 5.97 Å². The molecule has 5 nitrogen and oxygen atoms in total.